The molecule has 0 bridgehead atoms. The van der Waals surface area contributed by atoms with Crippen LogP contribution in [-0.4, -0.2) is 18.7 Å². The third-order valence-electron chi connectivity index (χ3n) is 4.29. The third kappa shape index (κ3) is 6.08. The van der Waals surface area contributed by atoms with Crippen LogP contribution in [0, 0.1) is 13.8 Å². The molecule has 0 aliphatic heterocycles. The van der Waals surface area contributed by atoms with Crippen LogP contribution in [0.3, 0.4) is 0 Å². The number of hydrogen-bond donors (Lipinski definition) is 1. The van der Waals surface area contributed by atoms with E-state index in [1.54, 1.807) is 30.5 Å². The number of ether oxygens (including phenoxy) is 1. The Morgan fingerprint density at radius 2 is 1.73 bits per heavy atom. The van der Waals surface area contributed by atoms with Crippen molar-refractivity contribution < 1.29 is 9.53 Å². The fourth-order valence-corrected chi connectivity index (χ4v) is 3.30. The first-order chi connectivity index (χ1) is 14.3. The van der Waals surface area contributed by atoms with Crippen molar-refractivity contribution in [3.8, 4) is 5.75 Å². The molecule has 4 nitrogen and oxygen atoms in total. The number of nitrogens with zero attached hydrogens (tertiary/aromatic N) is 1. The Morgan fingerprint density at radius 3 is 2.43 bits per heavy atom. The molecular formula is C23H19BrCl2N2O2. The summed E-state index contributed by atoms with van der Waals surface area (Å²) >= 11 is 15.7. The fourth-order valence-electron chi connectivity index (χ4n) is 2.57. The second-order valence-corrected chi connectivity index (χ2v) is 8.40. The number of amides is 1. The third-order valence-corrected chi connectivity index (χ3v) is 5.60. The molecule has 154 valence electrons. The van der Waals surface area contributed by atoms with Gasteiger partial charge >= 0.3 is 0 Å². The molecule has 7 heteroatoms. The Balaban J connectivity index is 1.70. The number of aliphatic imine (C=N–C) groups is 1. The molecule has 30 heavy (non-hydrogen) atoms. The van der Waals surface area contributed by atoms with E-state index in [1.807, 2.05) is 44.2 Å². The maximum atomic E-state index is 12.3. The molecule has 0 fully saturated rings. The van der Waals surface area contributed by atoms with Crippen LogP contribution in [0.1, 0.15) is 16.7 Å². The van der Waals surface area contributed by atoms with Gasteiger partial charge < -0.3 is 10.1 Å². The zero-order chi connectivity index (χ0) is 21.7. The number of anilines is 1. The van der Waals surface area contributed by atoms with E-state index in [0.717, 1.165) is 26.9 Å². The van der Waals surface area contributed by atoms with Crippen LogP contribution in [0.5, 0.6) is 5.75 Å². The molecule has 3 rings (SSSR count). The van der Waals surface area contributed by atoms with Crippen molar-refractivity contribution >= 4 is 62.6 Å². The molecule has 1 amide bonds. The molecule has 0 aliphatic rings. The molecule has 1 N–H and O–H groups in total. The summed E-state index contributed by atoms with van der Waals surface area (Å²) in [6.45, 7) is 3.69. The zero-order valence-electron chi connectivity index (χ0n) is 16.4. The lowest BCUT2D eigenvalue weighted by atomic mass is 10.2. The number of hydrogen-bond acceptors (Lipinski definition) is 3. The molecule has 0 heterocycles. The quantitative estimate of drug-likeness (QED) is 0.362. The Hall–Kier alpha value is -2.34. The van der Waals surface area contributed by atoms with E-state index in [9.17, 15) is 4.79 Å². The van der Waals surface area contributed by atoms with Crippen LogP contribution in [-0.2, 0) is 4.79 Å². The fraction of sp³-hybridized carbons (Fsp3) is 0.130. The molecule has 0 unspecified atom stereocenters. The minimum Gasteiger partial charge on any atom is -0.483 e. The Labute approximate surface area is 194 Å². The summed E-state index contributed by atoms with van der Waals surface area (Å²) in [7, 11) is 0. The van der Waals surface area contributed by atoms with E-state index in [2.05, 4.69) is 26.2 Å². The number of halogens is 3. The molecule has 0 radical (unpaired) electrons. The second-order valence-electron chi connectivity index (χ2n) is 6.67. The first kappa shape index (κ1) is 22.3. The van der Waals surface area contributed by atoms with Crippen molar-refractivity contribution in [2.75, 3.05) is 11.9 Å². The summed E-state index contributed by atoms with van der Waals surface area (Å²) in [5, 5.41) is 4.02. The normalized spacial score (nSPS) is 11.0. The maximum Gasteiger partial charge on any atom is 0.262 e. The minimum atomic E-state index is -0.286. The minimum absolute atomic E-state index is 0.148. The lowest BCUT2D eigenvalue weighted by molar-refractivity contribution is -0.118. The van der Waals surface area contributed by atoms with E-state index in [-0.39, 0.29) is 12.5 Å². The van der Waals surface area contributed by atoms with Crippen molar-refractivity contribution in [3.63, 3.8) is 0 Å². The highest BCUT2D eigenvalue weighted by molar-refractivity contribution is 9.10. The van der Waals surface area contributed by atoms with Crippen LogP contribution in [0.15, 0.2) is 64.1 Å². The van der Waals surface area contributed by atoms with Gasteiger partial charge in [-0.05, 0) is 67.4 Å². The van der Waals surface area contributed by atoms with Gasteiger partial charge in [-0.25, -0.2) is 0 Å². The lowest BCUT2D eigenvalue weighted by Crippen LogP contribution is -2.20. The first-order valence-corrected chi connectivity index (χ1v) is 10.7. The van der Waals surface area contributed by atoms with Gasteiger partial charge in [0.05, 0.1) is 5.69 Å². The Kier molecular flexibility index (Phi) is 7.53. The van der Waals surface area contributed by atoms with E-state index in [4.69, 9.17) is 27.9 Å². The number of carbonyl (C=O) groups is 1. The van der Waals surface area contributed by atoms with Crippen LogP contribution < -0.4 is 10.1 Å². The highest BCUT2D eigenvalue weighted by atomic mass is 79.9. The summed E-state index contributed by atoms with van der Waals surface area (Å²) in [6, 6.07) is 16.4. The lowest BCUT2D eigenvalue weighted by Gasteiger charge is -2.11. The maximum absolute atomic E-state index is 12.3. The molecule has 3 aromatic carbocycles. The smallest absolute Gasteiger partial charge is 0.262 e. The summed E-state index contributed by atoms with van der Waals surface area (Å²) in [4.78, 5) is 16.7. The summed E-state index contributed by atoms with van der Waals surface area (Å²) < 4.78 is 6.60. The van der Waals surface area contributed by atoms with Crippen molar-refractivity contribution in [2.24, 2.45) is 4.99 Å². The van der Waals surface area contributed by atoms with Crippen molar-refractivity contribution in [3.05, 3.63) is 85.8 Å². The SMILES string of the molecule is Cc1ccc(N=Cc2cc(Br)ccc2OCC(=O)Nc2ccc(C)c(Cl)c2)cc1Cl. The van der Waals surface area contributed by atoms with E-state index in [0.29, 0.717) is 21.5 Å². The van der Waals surface area contributed by atoms with E-state index in [1.165, 1.54) is 0 Å². The summed E-state index contributed by atoms with van der Waals surface area (Å²) in [5.41, 5.74) is 4.01. The first-order valence-electron chi connectivity index (χ1n) is 9.10. The average Bonchev–Trinajstić information content (AvgIpc) is 2.71. The largest absolute Gasteiger partial charge is 0.483 e. The summed E-state index contributed by atoms with van der Waals surface area (Å²) in [6.07, 6.45) is 1.68. The Morgan fingerprint density at radius 1 is 1.03 bits per heavy atom. The molecular weight excluding hydrogens is 487 g/mol. The van der Waals surface area contributed by atoms with Gasteiger partial charge in [-0.3, -0.25) is 9.79 Å². The molecule has 0 aliphatic carbocycles. The van der Waals surface area contributed by atoms with E-state index >= 15 is 0 Å². The number of nitrogens with one attached hydrogen (secondary N) is 1. The molecule has 0 atom stereocenters. The molecule has 0 spiro atoms. The van der Waals surface area contributed by atoms with Gasteiger partial charge in [-0.2, -0.15) is 0 Å². The van der Waals surface area contributed by atoms with Crippen LogP contribution in [0.4, 0.5) is 11.4 Å². The molecule has 0 saturated carbocycles. The number of rotatable bonds is 6. The zero-order valence-corrected chi connectivity index (χ0v) is 19.5. The van der Waals surface area contributed by atoms with Crippen molar-refractivity contribution in [1.82, 2.24) is 0 Å². The van der Waals surface area contributed by atoms with Gasteiger partial charge in [0, 0.05) is 32.0 Å². The highest BCUT2D eigenvalue weighted by Gasteiger charge is 2.08. The van der Waals surface area contributed by atoms with Gasteiger partial charge in [-0.15, -0.1) is 0 Å². The summed E-state index contributed by atoms with van der Waals surface area (Å²) in [5.74, 6) is 0.253. The molecule has 0 saturated heterocycles. The van der Waals surface area contributed by atoms with Crippen molar-refractivity contribution in [1.29, 1.82) is 0 Å². The van der Waals surface area contributed by atoms with Gasteiger partial charge in [0.25, 0.3) is 5.91 Å². The monoisotopic (exact) mass is 504 g/mol. The van der Waals surface area contributed by atoms with Crippen LogP contribution in [0.25, 0.3) is 0 Å². The van der Waals surface area contributed by atoms with E-state index < -0.39 is 0 Å². The van der Waals surface area contributed by atoms with Gasteiger partial charge in [0.1, 0.15) is 5.75 Å². The molecule has 0 aromatic heterocycles. The molecule has 3 aromatic rings. The van der Waals surface area contributed by atoms with Gasteiger partial charge in [0.2, 0.25) is 0 Å². The highest BCUT2D eigenvalue weighted by Crippen LogP contribution is 2.25. The van der Waals surface area contributed by atoms with Crippen LogP contribution in [0.2, 0.25) is 10.0 Å². The topological polar surface area (TPSA) is 50.7 Å². The predicted octanol–water partition coefficient (Wildman–Crippen LogP) is 7.14. The van der Waals surface area contributed by atoms with Gasteiger partial charge in [-0.1, -0.05) is 51.3 Å². The standard InChI is InChI=1S/C23H19BrCl2N2O2/c1-14-3-6-18(10-20(14)25)27-12-16-9-17(24)5-8-22(16)30-13-23(29)28-19-7-4-15(2)21(26)11-19/h3-12H,13H2,1-2H3,(H,28,29). The van der Waals surface area contributed by atoms with Crippen LogP contribution >= 0.6 is 39.1 Å². The number of carbonyl (C=O) groups excluding carboxylic acids is 1. The average molecular weight is 506 g/mol. The Bertz CT molecular complexity index is 1120. The predicted molar refractivity (Wildman–Crippen MR) is 128 cm³/mol. The van der Waals surface area contributed by atoms with Gasteiger partial charge in [0.15, 0.2) is 6.61 Å². The number of aryl methyl sites for hydroxylation is 2. The second kappa shape index (κ2) is 10.1. The van der Waals surface area contributed by atoms with Crippen molar-refractivity contribution in [2.45, 2.75) is 13.8 Å². The number of benzene rings is 3.